The van der Waals surface area contributed by atoms with Gasteiger partial charge in [0.25, 0.3) is 0 Å². The average molecular weight is 550 g/mol. The Bertz CT molecular complexity index is 1300. The molecule has 0 saturated heterocycles. The monoisotopic (exact) mass is 549 g/mol. The number of ether oxygens (including phenoxy) is 1. The molecule has 2 aromatic heterocycles. The first kappa shape index (κ1) is 27.9. The van der Waals surface area contributed by atoms with E-state index in [0.29, 0.717) is 34.0 Å². The number of thioether (sulfide) groups is 1. The number of fused-ring (bicyclic) bond motifs is 1. The molecule has 1 aliphatic carbocycles. The fourth-order valence-electron chi connectivity index (χ4n) is 4.61. The number of aryl methyl sites for hydroxylation is 1. The number of allylic oxidation sites excluding steroid dienone is 1. The molecular formula is C29H35N5O2S2. The Morgan fingerprint density at radius 3 is 2.63 bits per heavy atom. The minimum atomic E-state index is -0.334. The summed E-state index contributed by atoms with van der Waals surface area (Å²) in [5.74, 6) is 1.89. The van der Waals surface area contributed by atoms with Crippen LogP contribution in [0.5, 0.6) is 5.75 Å². The van der Waals surface area contributed by atoms with E-state index in [1.54, 1.807) is 17.4 Å². The summed E-state index contributed by atoms with van der Waals surface area (Å²) in [5, 5.41) is 22.8. The third-order valence-corrected chi connectivity index (χ3v) is 8.82. The minimum Gasteiger partial charge on any atom is -0.483 e. The number of hydrogen-bond acceptors (Lipinski definition) is 7. The quantitative estimate of drug-likeness (QED) is 0.215. The zero-order valence-electron chi connectivity index (χ0n) is 22.3. The molecule has 9 heteroatoms. The van der Waals surface area contributed by atoms with Gasteiger partial charge in [0.2, 0.25) is 5.91 Å². The topological polar surface area (TPSA) is 92.8 Å². The normalized spacial score (nSPS) is 14.2. The smallest absolute Gasteiger partial charge is 0.235 e. The zero-order chi connectivity index (χ0) is 27.1. The van der Waals surface area contributed by atoms with Gasteiger partial charge in [-0.05, 0) is 61.8 Å². The van der Waals surface area contributed by atoms with Gasteiger partial charge in [-0.15, -0.1) is 28.1 Å². The Kier molecular flexibility index (Phi) is 9.64. The van der Waals surface area contributed by atoms with Gasteiger partial charge >= 0.3 is 0 Å². The molecule has 1 amide bonds. The number of thiophene rings is 1. The number of rotatable bonds is 10. The van der Waals surface area contributed by atoms with Crippen molar-refractivity contribution in [1.29, 1.82) is 5.26 Å². The van der Waals surface area contributed by atoms with Crippen molar-refractivity contribution < 1.29 is 9.53 Å². The number of carbonyl (C=O) groups is 1. The molecule has 0 spiro atoms. The van der Waals surface area contributed by atoms with Crippen LogP contribution in [0, 0.1) is 11.3 Å². The number of nitrogens with zero attached hydrogens (tertiary/aromatic N) is 4. The van der Waals surface area contributed by atoms with Gasteiger partial charge in [0.1, 0.15) is 16.8 Å². The van der Waals surface area contributed by atoms with Gasteiger partial charge in [0.05, 0.1) is 11.3 Å². The SMILES string of the molecule is C=CCn1c(SCC(=O)Nc2sc3c(c2C#N)CCCCCC3)nnc1C(C)Oc1ccc(C(C)C)cc1. The standard InChI is InChI=1S/C29H35N5O2S2/c1-5-16-34-27(20(4)36-22-14-12-21(13-15-22)19(2)3)32-33-29(34)37-18-26(35)31-28-24(17-30)23-10-8-6-7-9-11-25(23)38-28/h5,12-15,19-20H,1,6-11,16,18H2,2-4H3,(H,31,35). The summed E-state index contributed by atoms with van der Waals surface area (Å²) in [6.07, 6.45) is 7.98. The lowest BCUT2D eigenvalue weighted by Gasteiger charge is -2.16. The number of benzene rings is 1. The van der Waals surface area contributed by atoms with E-state index in [1.165, 1.54) is 35.0 Å². The van der Waals surface area contributed by atoms with Crippen LogP contribution in [0.4, 0.5) is 5.00 Å². The molecule has 200 valence electrons. The molecule has 1 aromatic carbocycles. The predicted octanol–water partition coefficient (Wildman–Crippen LogP) is 7.05. The van der Waals surface area contributed by atoms with Crippen molar-refractivity contribution in [3.63, 3.8) is 0 Å². The highest BCUT2D eigenvalue weighted by Gasteiger charge is 2.22. The fourth-order valence-corrected chi connectivity index (χ4v) is 6.63. The van der Waals surface area contributed by atoms with Crippen molar-refractivity contribution in [3.8, 4) is 11.8 Å². The molecule has 38 heavy (non-hydrogen) atoms. The van der Waals surface area contributed by atoms with Crippen LogP contribution < -0.4 is 10.1 Å². The number of nitriles is 1. The molecule has 1 aliphatic rings. The summed E-state index contributed by atoms with van der Waals surface area (Å²) in [4.78, 5) is 14.1. The lowest BCUT2D eigenvalue weighted by atomic mass is 9.97. The highest BCUT2D eigenvalue weighted by Crippen LogP contribution is 2.37. The number of hydrogen-bond donors (Lipinski definition) is 1. The van der Waals surface area contributed by atoms with E-state index in [1.807, 2.05) is 23.6 Å². The largest absolute Gasteiger partial charge is 0.483 e. The lowest BCUT2D eigenvalue weighted by Crippen LogP contribution is -2.15. The second-order valence-corrected chi connectivity index (χ2v) is 11.8. The third kappa shape index (κ3) is 6.66. The Balaban J connectivity index is 1.42. The molecule has 7 nitrogen and oxygen atoms in total. The molecule has 4 rings (SSSR count). The van der Waals surface area contributed by atoms with Crippen LogP contribution >= 0.6 is 23.1 Å². The first-order chi connectivity index (χ1) is 18.4. The Morgan fingerprint density at radius 1 is 1.21 bits per heavy atom. The van der Waals surface area contributed by atoms with Crippen molar-refractivity contribution >= 4 is 34.0 Å². The number of carbonyl (C=O) groups excluding carboxylic acids is 1. The van der Waals surface area contributed by atoms with E-state index in [-0.39, 0.29) is 17.8 Å². The van der Waals surface area contributed by atoms with Gasteiger partial charge in [-0.1, -0.05) is 56.7 Å². The van der Waals surface area contributed by atoms with Gasteiger partial charge in [-0.3, -0.25) is 9.36 Å². The van der Waals surface area contributed by atoms with Crippen molar-refractivity contribution in [2.24, 2.45) is 0 Å². The maximum absolute atomic E-state index is 12.9. The Labute approximate surface area is 233 Å². The van der Waals surface area contributed by atoms with Gasteiger partial charge in [0, 0.05) is 11.4 Å². The molecule has 1 N–H and O–H groups in total. The summed E-state index contributed by atoms with van der Waals surface area (Å²) >= 11 is 2.87. The first-order valence-corrected chi connectivity index (χ1v) is 15.0. The molecular weight excluding hydrogens is 514 g/mol. The summed E-state index contributed by atoms with van der Waals surface area (Å²) in [5.41, 5.74) is 3.02. The fraction of sp³-hybridized carbons (Fsp3) is 0.448. The number of nitrogens with one attached hydrogen (secondary N) is 1. The maximum atomic E-state index is 12.9. The molecule has 0 radical (unpaired) electrons. The van der Waals surface area contributed by atoms with Crippen molar-refractivity contribution in [2.75, 3.05) is 11.1 Å². The highest BCUT2D eigenvalue weighted by molar-refractivity contribution is 7.99. The van der Waals surface area contributed by atoms with Crippen LogP contribution in [0.3, 0.4) is 0 Å². The van der Waals surface area contributed by atoms with Crippen molar-refractivity contribution in [3.05, 3.63) is 64.3 Å². The third-order valence-electron chi connectivity index (χ3n) is 6.65. The zero-order valence-corrected chi connectivity index (χ0v) is 24.0. The van der Waals surface area contributed by atoms with Crippen LogP contribution in [-0.4, -0.2) is 26.4 Å². The van der Waals surface area contributed by atoms with Gasteiger partial charge in [-0.2, -0.15) is 5.26 Å². The Hall–Kier alpha value is -3.09. The van der Waals surface area contributed by atoms with Gasteiger partial charge in [0.15, 0.2) is 17.1 Å². The van der Waals surface area contributed by atoms with E-state index < -0.39 is 0 Å². The van der Waals surface area contributed by atoms with Gasteiger partial charge in [-0.25, -0.2) is 0 Å². The van der Waals surface area contributed by atoms with Crippen molar-refractivity contribution in [1.82, 2.24) is 14.8 Å². The minimum absolute atomic E-state index is 0.161. The summed E-state index contributed by atoms with van der Waals surface area (Å²) in [6.45, 7) is 10.6. The molecule has 0 saturated carbocycles. The molecule has 2 heterocycles. The molecule has 0 fully saturated rings. The van der Waals surface area contributed by atoms with Gasteiger partial charge < -0.3 is 10.1 Å². The van der Waals surface area contributed by atoms with Crippen LogP contribution in [0.15, 0.2) is 42.1 Å². The number of aromatic nitrogens is 3. The first-order valence-electron chi connectivity index (χ1n) is 13.2. The van der Waals surface area contributed by atoms with Crippen LogP contribution in [0.25, 0.3) is 0 Å². The van der Waals surface area contributed by atoms with E-state index in [0.717, 1.165) is 37.0 Å². The van der Waals surface area contributed by atoms with Crippen molar-refractivity contribution in [2.45, 2.75) is 83.0 Å². The molecule has 0 bridgehead atoms. The Morgan fingerprint density at radius 2 is 1.95 bits per heavy atom. The predicted molar refractivity (Wildman–Crippen MR) is 154 cm³/mol. The average Bonchev–Trinajstić information content (AvgIpc) is 3.43. The van der Waals surface area contributed by atoms with E-state index in [4.69, 9.17) is 4.74 Å². The second kappa shape index (κ2) is 13.1. The molecule has 1 unspecified atom stereocenters. The summed E-state index contributed by atoms with van der Waals surface area (Å²) in [7, 11) is 0. The number of anilines is 1. The van der Waals surface area contributed by atoms with E-state index in [9.17, 15) is 10.1 Å². The van der Waals surface area contributed by atoms with Crippen LogP contribution in [-0.2, 0) is 24.2 Å². The van der Waals surface area contributed by atoms with Crippen LogP contribution in [0.1, 0.15) is 85.9 Å². The highest BCUT2D eigenvalue weighted by atomic mass is 32.2. The molecule has 1 atom stereocenters. The molecule has 3 aromatic rings. The molecule has 0 aliphatic heterocycles. The maximum Gasteiger partial charge on any atom is 0.235 e. The lowest BCUT2D eigenvalue weighted by molar-refractivity contribution is -0.113. The summed E-state index contributed by atoms with van der Waals surface area (Å²) in [6, 6.07) is 10.4. The van der Waals surface area contributed by atoms with E-state index >= 15 is 0 Å². The summed E-state index contributed by atoms with van der Waals surface area (Å²) < 4.78 is 8.07. The number of amides is 1. The van der Waals surface area contributed by atoms with E-state index in [2.05, 4.69) is 54.1 Å². The second-order valence-electron chi connectivity index (χ2n) is 9.79. The van der Waals surface area contributed by atoms with Crippen LogP contribution in [0.2, 0.25) is 0 Å².